The molecule has 2 heterocycles. The minimum Gasteiger partial charge on any atom is -0.333 e. The molecule has 0 radical (unpaired) electrons. The first kappa shape index (κ1) is 15.7. The quantitative estimate of drug-likeness (QED) is 0.703. The Morgan fingerprint density at radius 3 is 2.78 bits per heavy atom. The van der Waals surface area contributed by atoms with Crippen LogP contribution in [-0.4, -0.2) is 26.7 Å². The molecule has 1 saturated carbocycles. The lowest BCUT2D eigenvalue weighted by Gasteiger charge is -2.36. The lowest BCUT2D eigenvalue weighted by molar-refractivity contribution is -0.140. The van der Waals surface area contributed by atoms with Gasteiger partial charge in [0.25, 0.3) is 0 Å². The molecule has 1 amide bonds. The van der Waals surface area contributed by atoms with Crippen molar-refractivity contribution in [3.8, 4) is 0 Å². The fourth-order valence-corrected chi connectivity index (χ4v) is 5.22. The van der Waals surface area contributed by atoms with E-state index in [1.165, 1.54) is 4.70 Å². The number of nitrogens with zero attached hydrogens (tertiary/aromatic N) is 2. The Hall–Kier alpha value is -0.840. The van der Waals surface area contributed by atoms with Gasteiger partial charge >= 0.3 is 0 Å². The molecule has 2 unspecified atom stereocenters. The highest BCUT2D eigenvalue weighted by atomic mass is 35.5. The minimum atomic E-state index is -0.917. The number of carbonyl (C=O) groups excluding carboxylic acids is 1. The number of carbonyl (C=O) groups is 1. The van der Waals surface area contributed by atoms with E-state index in [1.807, 2.05) is 30.0 Å². The van der Waals surface area contributed by atoms with E-state index in [4.69, 9.17) is 28.2 Å². The molecule has 1 aliphatic carbocycles. The maximum Gasteiger partial charge on any atom is 0.232 e. The highest BCUT2D eigenvalue weighted by Crippen LogP contribution is 2.65. The number of halogens is 2. The second-order valence-electron chi connectivity index (χ2n) is 6.74. The van der Waals surface area contributed by atoms with E-state index in [-0.39, 0.29) is 11.9 Å². The van der Waals surface area contributed by atoms with Gasteiger partial charge in [-0.2, -0.15) is 0 Å². The summed E-state index contributed by atoms with van der Waals surface area (Å²) in [6.07, 6.45) is 3.64. The smallest absolute Gasteiger partial charge is 0.232 e. The first-order chi connectivity index (χ1) is 10.9. The second kappa shape index (κ2) is 5.33. The number of thiazole rings is 1. The molecule has 4 rings (SSSR count). The van der Waals surface area contributed by atoms with Gasteiger partial charge in [0.15, 0.2) is 0 Å². The van der Waals surface area contributed by atoms with Crippen molar-refractivity contribution < 1.29 is 4.79 Å². The number of hydrogen-bond donors (Lipinski definition) is 0. The third-order valence-electron chi connectivity index (χ3n) is 5.09. The number of alkyl halides is 2. The number of hydrogen-bond acceptors (Lipinski definition) is 3. The van der Waals surface area contributed by atoms with Crippen LogP contribution in [0.3, 0.4) is 0 Å². The molecule has 1 aromatic carbocycles. The van der Waals surface area contributed by atoms with Gasteiger partial charge in [-0.3, -0.25) is 4.79 Å². The summed E-state index contributed by atoms with van der Waals surface area (Å²) < 4.78 is 0.252. The van der Waals surface area contributed by atoms with Crippen molar-refractivity contribution in [1.82, 2.24) is 9.88 Å². The summed E-state index contributed by atoms with van der Waals surface area (Å²) in [6, 6.07) is 8.17. The Morgan fingerprint density at radius 2 is 2.09 bits per heavy atom. The number of amides is 1. The van der Waals surface area contributed by atoms with Crippen molar-refractivity contribution in [2.24, 2.45) is 5.41 Å². The van der Waals surface area contributed by atoms with Crippen LogP contribution >= 0.6 is 34.5 Å². The number of aromatic nitrogens is 1. The number of likely N-dealkylation sites (tertiary alicyclic amines) is 1. The van der Waals surface area contributed by atoms with Gasteiger partial charge in [-0.25, -0.2) is 4.98 Å². The molecule has 1 aromatic heterocycles. The zero-order valence-corrected chi connectivity index (χ0v) is 15.2. The van der Waals surface area contributed by atoms with Crippen molar-refractivity contribution in [3.63, 3.8) is 0 Å². The molecule has 122 valence electrons. The molecule has 1 saturated heterocycles. The van der Waals surface area contributed by atoms with Gasteiger partial charge in [-0.1, -0.05) is 12.1 Å². The SMILES string of the molecule is CC1(C(=O)N2CCCCC2c2nc3ccccc3s2)CC1(Cl)Cl. The normalized spacial score (nSPS) is 29.7. The Kier molecular flexibility index (Phi) is 3.63. The van der Waals surface area contributed by atoms with Crippen LogP contribution in [0.2, 0.25) is 0 Å². The number of rotatable bonds is 2. The molecule has 0 spiro atoms. The van der Waals surface area contributed by atoms with Crippen LogP contribution in [0.25, 0.3) is 10.2 Å². The summed E-state index contributed by atoms with van der Waals surface area (Å²) in [6.45, 7) is 2.64. The van der Waals surface area contributed by atoms with Crippen LogP contribution in [-0.2, 0) is 4.79 Å². The number of benzene rings is 1. The summed E-state index contributed by atoms with van der Waals surface area (Å²) in [5, 5.41) is 1.03. The van der Waals surface area contributed by atoms with E-state index in [0.717, 1.165) is 36.3 Å². The Balaban J connectivity index is 1.67. The third kappa shape index (κ3) is 2.46. The maximum absolute atomic E-state index is 13.0. The van der Waals surface area contributed by atoms with Gasteiger partial charge in [-0.05, 0) is 44.7 Å². The molecule has 2 fully saturated rings. The average molecular weight is 369 g/mol. The van der Waals surface area contributed by atoms with E-state index < -0.39 is 9.75 Å². The van der Waals surface area contributed by atoms with E-state index in [2.05, 4.69) is 6.07 Å². The van der Waals surface area contributed by atoms with Gasteiger partial charge in [0.2, 0.25) is 5.91 Å². The molecule has 1 aliphatic heterocycles. The molecule has 23 heavy (non-hydrogen) atoms. The van der Waals surface area contributed by atoms with Crippen LogP contribution in [0.5, 0.6) is 0 Å². The summed E-state index contributed by atoms with van der Waals surface area (Å²) in [5.41, 5.74) is 0.356. The molecular formula is C17H18Cl2N2OS. The van der Waals surface area contributed by atoms with Crippen LogP contribution in [0.15, 0.2) is 24.3 Å². The number of fused-ring (bicyclic) bond motifs is 1. The Morgan fingerprint density at radius 1 is 1.35 bits per heavy atom. The second-order valence-corrected chi connectivity index (χ2v) is 9.29. The Bertz CT molecular complexity index is 742. The predicted octanol–water partition coefficient (Wildman–Crippen LogP) is 4.93. The predicted molar refractivity (Wildman–Crippen MR) is 95.1 cm³/mol. The van der Waals surface area contributed by atoms with Crippen molar-refractivity contribution in [3.05, 3.63) is 29.3 Å². The Labute approximate surface area is 149 Å². The van der Waals surface area contributed by atoms with Gasteiger partial charge in [-0.15, -0.1) is 34.5 Å². The summed E-state index contributed by atoms with van der Waals surface area (Å²) >= 11 is 14.1. The third-order valence-corrected chi connectivity index (χ3v) is 7.33. The van der Waals surface area contributed by atoms with Gasteiger partial charge < -0.3 is 4.90 Å². The van der Waals surface area contributed by atoms with Crippen molar-refractivity contribution in [1.29, 1.82) is 0 Å². The number of piperidine rings is 1. The van der Waals surface area contributed by atoms with Gasteiger partial charge in [0.05, 0.1) is 21.7 Å². The average Bonchev–Trinajstić information content (AvgIpc) is 2.89. The van der Waals surface area contributed by atoms with Crippen molar-refractivity contribution in [2.45, 2.75) is 43.0 Å². The molecular weight excluding hydrogens is 351 g/mol. The van der Waals surface area contributed by atoms with E-state index in [9.17, 15) is 4.79 Å². The fourth-order valence-electron chi connectivity index (χ4n) is 3.41. The van der Waals surface area contributed by atoms with E-state index in [0.29, 0.717) is 6.42 Å². The first-order valence-electron chi connectivity index (χ1n) is 7.97. The van der Waals surface area contributed by atoms with Crippen LogP contribution in [0.1, 0.15) is 43.7 Å². The molecule has 6 heteroatoms. The maximum atomic E-state index is 13.0. The van der Waals surface area contributed by atoms with Crippen molar-refractivity contribution in [2.75, 3.05) is 6.54 Å². The van der Waals surface area contributed by atoms with Crippen LogP contribution < -0.4 is 0 Å². The van der Waals surface area contributed by atoms with Crippen molar-refractivity contribution >= 4 is 50.7 Å². The molecule has 0 N–H and O–H groups in total. The summed E-state index contributed by atoms with van der Waals surface area (Å²) in [5.74, 6) is 0.0754. The highest BCUT2D eigenvalue weighted by molar-refractivity contribution is 7.18. The summed E-state index contributed by atoms with van der Waals surface area (Å²) in [7, 11) is 0. The van der Waals surface area contributed by atoms with E-state index >= 15 is 0 Å². The molecule has 2 atom stereocenters. The van der Waals surface area contributed by atoms with E-state index in [1.54, 1.807) is 11.3 Å². The molecule has 2 aliphatic rings. The topological polar surface area (TPSA) is 33.2 Å². The zero-order chi connectivity index (χ0) is 16.2. The zero-order valence-electron chi connectivity index (χ0n) is 12.9. The van der Waals surface area contributed by atoms with Gasteiger partial charge in [0, 0.05) is 6.54 Å². The number of para-hydroxylation sites is 1. The standard InChI is InChI=1S/C17H18Cl2N2OS/c1-16(10-17(16,18)19)15(22)21-9-5-4-7-12(21)14-20-11-6-2-3-8-13(11)23-14/h2-3,6,8,12H,4-5,7,9-10H2,1H3. The lowest BCUT2D eigenvalue weighted by Crippen LogP contribution is -2.43. The van der Waals surface area contributed by atoms with Crippen LogP contribution in [0.4, 0.5) is 0 Å². The van der Waals surface area contributed by atoms with Crippen LogP contribution in [0, 0.1) is 5.41 Å². The minimum absolute atomic E-state index is 0.0511. The fraction of sp³-hybridized carbons (Fsp3) is 0.529. The highest BCUT2D eigenvalue weighted by Gasteiger charge is 2.69. The first-order valence-corrected chi connectivity index (χ1v) is 9.54. The van der Waals surface area contributed by atoms with Gasteiger partial charge in [0.1, 0.15) is 9.34 Å². The largest absolute Gasteiger partial charge is 0.333 e. The molecule has 2 aromatic rings. The molecule has 3 nitrogen and oxygen atoms in total. The monoisotopic (exact) mass is 368 g/mol. The lowest BCUT2D eigenvalue weighted by atomic mass is 9.99. The summed E-state index contributed by atoms with van der Waals surface area (Å²) in [4.78, 5) is 19.8. The molecule has 0 bridgehead atoms.